The van der Waals surface area contributed by atoms with Gasteiger partial charge < -0.3 is 5.32 Å². The maximum atomic E-state index is 13.1. The summed E-state index contributed by atoms with van der Waals surface area (Å²) in [5.41, 5.74) is 0. The fourth-order valence-corrected chi connectivity index (χ4v) is 5.24. The van der Waals surface area contributed by atoms with Gasteiger partial charge in [0, 0.05) is 24.5 Å². The molecule has 6 heteroatoms. The predicted octanol–water partition coefficient (Wildman–Crippen LogP) is 2.87. The molecule has 0 spiro atoms. The molecule has 1 atom stereocenters. The molecule has 2 aromatic rings. The molecular weight excluding hydrogens is 320 g/mol. The molecule has 1 aliphatic rings. The number of hydrogen-bond donors (Lipinski definition) is 1. The number of sulfonamides is 1. The molecule has 0 aromatic heterocycles. The van der Waals surface area contributed by atoms with E-state index in [2.05, 4.69) is 5.32 Å². The van der Waals surface area contributed by atoms with Crippen LogP contribution in [-0.4, -0.2) is 38.9 Å². The largest absolute Gasteiger partial charge is 0.316 e. The van der Waals surface area contributed by atoms with Crippen LogP contribution in [0.2, 0.25) is 5.02 Å². The van der Waals surface area contributed by atoms with Gasteiger partial charge in [0.25, 0.3) is 0 Å². The highest BCUT2D eigenvalue weighted by Crippen LogP contribution is 2.33. The Labute approximate surface area is 136 Å². The van der Waals surface area contributed by atoms with Gasteiger partial charge in [-0.15, -0.1) is 0 Å². The second-order valence-electron chi connectivity index (χ2n) is 5.59. The topological polar surface area (TPSA) is 49.4 Å². The Morgan fingerprint density at radius 2 is 2.00 bits per heavy atom. The Morgan fingerprint density at radius 3 is 2.77 bits per heavy atom. The SMILES string of the molecule is CNC1CCCN(S(=O)(=O)c2c(Cl)ccc3ccccc23)C1. The van der Waals surface area contributed by atoms with Crippen molar-refractivity contribution in [1.82, 2.24) is 9.62 Å². The molecule has 3 rings (SSSR count). The molecule has 0 radical (unpaired) electrons. The molecule has 1 unspecified atom stereocenters. The van der Waals surface area contributed by atoms with Crippen molar-refractivity contribution in [1.29, 1.82) is 0 Å². The molecule has 1 aliphatic heterocycles. The number of hydrogen-bond acceptors (Lipinski definition) is 3. The number of nitrogens with zero attached hydrogens (tertiary/aromatic N) is 1. The maximum absolute atomic E-state index is 13.1. The zero-order valence-corrected chi connectivity index (χ0v) is 14.0. The number of piperidine rings is 1. The van der Waals surface area contributed by atoms with Crippen LogP contribution in [0.15, 0.2) is 41.3 Å². The van der Waals surface area contributed by atoms with Gasteiger partial charge in [0.2, 0.25) is 10.0 Å². The van der Waals surface area contributed by atoms with E-state index in [1.165, 1.54) is 0 Å². The molecule has 1 heterocycles. The van der Waals surface area contributed by atoms with Crippen LogP contribution in [-0.2, 0) is 10.0 Å². The van der Waals surface area contributed by atoms with Crippen LogP contribution in [0.5, 0.6) is 0 Å². The zero-order chi connectivity index (χ0) is 15.7. The second-order valence-corrected chi connectivity index (χ2v) is 7.87. The van der Waals surface area contributed by atoms with E-state index in [1.807, 2.05) is 37.4 Å². The van der Waals surface area contributed by atoms with E-state index in [0.29, 0.717) is 18.5 Å². The molecule has 0 amide bonds. The third-order valence-electron chi connectivity index (χ3n) is 4.22. The van der Waals surface area contributed by atoms with E-state index in [-0.39, 0.29) is 16.0 Å². The van der Waals surface area contributed by atoms with Gasteiger partial charge in [0.15, 0.2) is 0 Å². The van der Waals surface area contributed by atoms with Gasteiger partial charge in [-0.2, -0.15) is 4.31 Å². The highest BCUT2D eigenvalue weighted by atomic mass is 35.5. The average Bonchev–Trinajstić information content (AvgIpc) is 2.54. The molecule has 1 saturated heterocycles. The minimum atomic E-state index is -3.60. The van der Waals surface area contributed by atoms with Crippen LogP contribution in [0.3, 0.4) is 0 Å². The van der Waals surface area contributed by atoms with E-state index < -0.39 is 10.0 Å². The summed E-state index contributed by atoms with van der Waals surface area (Å²) in [6.45, 7) is 1.03. The van der Waals surface area contributed by atoms with E-state index in [0.717, 1.165) is 18.2 Å². The van der Waals surface area contributed by atoms with Crippen molar-refractivity contribution >= 4 is 32.4 Å². The van der Waals surface area contributed by atoms with Crippen molar-refractivity contribution in [3.63, 3.8) is 0 Å². The Hall–Kier alpha value is -1.14. The van der Waals surface area contributed by atoms with Crippen molar-refractivity contribution in [2.24, 2.45) is 0 Å². The number of likely N-dealkylation sites (N-methyl/N-ethyl adjacent to an activating group) is 1. The Bertz CT molecular complexity index is 792. The van der Waals surface area contributed by atoms with Crippen LogP contribution in [0.1, 0.15) is 12.8 Å². The molecule has 1 fully saturated rings. The molecular formula is C16H19ClN2O2S. The summed E-state index contributed by atoms with van der Waals surface area (Å²) in [4.78, 5) is 0.226. The molecule has 2 aromatic carbocycles. The first kappa shape index (κ1) is 15.7. The lowest BCUT2D eigenvalue weighted by molar-refractivity contribution is 0.293. The minimum absolute atomic E-state index is 0.192. The van der Waals surface area contributed by atoms with Crippen LogP contribution in [0, 0.1) is 0 Å². The van der Waals surface area contributed by atoms with Gasteiger partial charge in [0.1, 0.15) is 4.90 Å². The van der Waals surface area contributed by atoms with E-state index >= 15 is 0 Å². The van der Waals surface area contributed by atoms with Gasteiger partial charge in [-0.05, 0) is 31.3 Å². The maximum Gasteiger partial charge on any atom is 0.245 e. The van der Waals surface area contributed by atoms with Crippen molar-refractivity contribution < 1.29 is 8.42 Å². The van der Waals surface area contributed by atoms with Crippen LogP contribution in [0.4, 0.5) is 0 Å². The minimum Gasteiger partial charge on any atom is -0.316 e. The summed E-state index contributed by atoms with van der Waals surface area (Å²) in [5, 5.41) is 5.02. The summed E-state index contributed by atoms with van der Waals surface area (Å²) in [6.07, 6.45) is 1.85. The highest BCUT2D eigenvalue weighted by Gasteiger charge is 2.32. The summed E-state index contributed by atoms with van der Waals surface area (Å²) in [5.74, 6) is 0. The smallest absolute Gasteiger partial charge is 0.245 e. The first-order valence-corrected chi connectivity index (χ1v) is 9.20. The van der Waals surface area contributed by atoms with Crippen molar-refractivity contribution in [2.45, 2.75) is 23.8 Å². The van der Waals surface area contributed by atoms with Crippen molar-refractivity contribution in [3.8, 4) is 0 Å². The normalized spacial score (nSPS) is 20.4. The lowest BCUT2D eigenvalue weighted by Crippen LogP contribution is -2.46. The first-order valence-electron chi connectivity index (χ1n) is 7.38. The average molecular weight is 339 g/mol. The molecule has 118 valence electrons. The summed E-state index contributed by atoms with van der Waals surface area (Å²) in [6, 6.07) is 11.1. The Morgan fingerprint density at radius 1 is 1.23 bits per heavy atom. The summed E-state index contributed by atoms with van der Waals surface area (Å²) in [7, 11) is -1.73. The van der Waals surface area contributed by atoms with Crippen LogP contribution in [0.25, 0.3) is 10.8 Å². The molecule has 4 nitrogen and oxygen atoms in total. The molecule has 0 saturated carbocycles. The summed E-state index contributed by atoms with van der Waals surface area (Å²) < 4.78 is 27.7. The van der Waals surface area contributed by atoms with E-state index in [9.17, 15) is 8.42 Å². The van der Waals surface area contributed by atoms with Crippen LogP contribution >= 0.6 is 11.6 Å². The third-order valence-corrected chi connectivity index (χ3v) is 6.62. The molecule has 0 bridgehead atoms. The quantitative estimate of drug-likeness (QED) is 0.936. The zero-order valence-electron chi connectivity index (χ0n) is 12.4. The number of fused-ring (bicyclic) bond motifs is 1. The molecule has 1 N–H and O–H groups in total. The molecule has 22 heavy (non-hydrogen) atoms. The van der Waals surface area contributed by atoms with E-state index in [4.69, 9.17) is 11.6 Å². The van der Waals surface area contributed by atoms with Gasteiger partial charge >= 0.3 is 0 Å². The summed E-state index contributed by atoms with van der Waals surface area (Å²) >= 11 is 6.26. The third kappa shape index (κ3) is 2.74. The fourth-order valence-electron chi connectivity index (χ4n) is 3.00. The van der Waals surface area contributed by atoms with Crippen LogP contribution < -0.4 is 5.32 Å². The monoisotopic (exact) mass is 338 g/mol. The lowest BCUT2D eigenvalue weighted by atomic mass is 10.1. The Kier molecular flexibility index (Phi) is 4.41. The predicted molar refractivity (Wildman–Crippen MR) is 89.8 cm³/mol. The second kappa shape index (κ2) is 6.16. The van der Waals surface area contributed by atoms with Gasteiger partial charge in [-0.25, -0.2) is 8.42 Å². The number of benzene rings is 2. The lowest BCUT2D eigenvalue weighted by Gasteiger charge is -2.32. The van der Waals surface area contributed by atoms with Gasteiger partial charge in [-0.1, -0.05) is 41.9 Å². The number of nitrogens with one attached hydrogen (secondary N) is 1. The van der Waals surface area contributed by atoms with Gasteiger partial charge in [-0.3, -0.25) is 0 Å². The first-order chi connectivity index (χ1) is 10.5. The fraction of sp³-hybridized carbons (Fsp3) is 0.375. The van der Waals surface area contributed by atoms with Gasteiger partial charge in [0.05, 0.1) is 5.02 Å². The Balaban J connectivity index is 2.11. The number of rotatable bonds is 3. The van der Waals surface area contributed by atoms with E-state index in [1.54, 1.807) is 10.4 Å². The van der Waals surface area contributed by atoms with Crippen molar-refractivity contribution in [3.05, 3.63) is 41.4 Å². The highest BCUT2D eigenvalue weighted by molar-refractivity contribution is 7.89. The number of halogens is 1. The molecule has 0 aliphatic carbocycles. The standard InChI is InChI=1S/C16H19ClN2O2S/c1-18-13-6-4-10-19(11-13)22(20,21)16-14-7-3-2-5-12(14)8-9-15(16)17/h2-3,5,7-9,13,18H,4,6,10-11H2,1H3. The van der Waals surface area contributed by atoms with Crippen molar-refractivity contribution in [2.75, 3.05) is 20.1 Å².